The molecule has 0 saturated heterocycles. The van der Waals surface area contributed by atoms with E-state index < -0.39 is 0 Å². The molecule has 0 fully saturated rings. The minimum Gasteiger partial charge on any atom is -0.0984 e. The van der Waals surface area contributed by atoms with Gasteiger partial charge in [0.15, 0.2) is 0 Å². The van der Waals surface area contributed by atoms with Crippen molar-refractivity contribution >= 4 is 55.2 Å². The average Bonchev–Trinajstić information content (AvgIpc) is 3.27. The molecule has 0 N–H and O–H groups in total. The molecule has 0 heterocycles. The minimum absolute atomic E-state index is 1.08. The first kappa shape index (κ1) is 33.3. The molecule has 0 atom stereocenters. The van der Waals surface area contributed by atoms with Gasteiger partial charge in [-0.3, -0.25) is 0 Å². The van der Waals surface area contributed by atoms with Gasteiger partial charge in [0.2, 0.25) is 0 Å². The summed E-state index contributed by atoms with van der Waals surface area (Å²) >= 11 is 0. The van der Waals surface area contributed by atoms with Crippen molar-refractivity contribution in [1.82, 2.24) is 0 Å². The predicted molar refractivity (Wildman–Crippen MR) is 244 cm³/mol. The highest BCUT2D eigenvalue weighted by Crippen LogP contribution is 2.45. The lowest BCUT2D eigenvalue weighted by atomic mass is 9.82. The molecule has 0 aliphatic carbocycles. The van der Waals surface area contributed by atoms with Crippen LogP contribution in [0.1, 0.15) is 11.1 Å². The van der Waals surface area contributed by atoms with Crippen molar-refractivity contribution in [2.75, 3.05) is 0 Å². The van der Waals surface area contributed by atoms with Gasteiger partial charge in [0.1, 0.15) is 0 Å². The van der Waals surface area contributed by atoms with Crippen LogP contribution in [0.15, 0.2) is 207 Å². The van der Waals surface area contributed by atoms with Gasteiger partial charge in [-0.15, -0.1) is 0 Å². The largest absolute Gasteiger partial charge is 0.0984 e. The summed E-state index contributed by atoms with van der Waals surface area (Å²) in [5.41, 5.74) is 14.0. The summed E-state index contributed by atoms with van der Waals surface area (Å²) in [4.78, 5) is 0. The summed E-state index contributed by atoms with van der Waals surface area (Å²) in [6, 6.07) is 70.7. The van der Waals surface area contributed by atoms with Crippen LogP contribution in [0, 0.1) is 0 Å². The maximum Gasteiger partial charge on any atom is -0.00264 e. The molecular formula is C56H38. The Hall–Kier alpha value is -7.28. The van der Waals surface area contributed by atoms with Gasteiger partial charge in [-0.05, 0) is 128 Å². The number of rotatable bonds is 7. The van der Waals surface area contributed by atoms with Crippen molar-refractivity contribution in [2.24, 2.45) is 0 Å². The summed E-state index contributed by atoms with van der Waals surface area (Å²) in [5, 5.41) is 9.82. The fourth-order valence-electron chi connectivity index (χ4n) is 8.62. The van der Waals surface area contributed by atoms with Gasteiger partial charge in [0.25, 0.3) is 0 Å². The Bertz CT molecular complexity index is 3140. The lowest BCUT2D eigenvalue weighted by Crippen LogP contribution is -1.97. The van der Waals surface area contributed by atoms with Crippen LogP contribution in [0.2, 0.25) is 0 Å². The Labute approximate surface area is 328 Å². The highest BCUT2D eigenvalue weighted by molar-refractivity contribution is 6.13. The Kier molecular flexibility index (Phi) is 8.24. The van der Waals surface area contributed by atoms with Crippen LogP contribution in [-0.4, -0.2) is 0 Å². The second-order valence-electron chi connectivity index (χ2n) is 14.6. The Morgan fingerprint density at radius 1 is 0.268 bits per heavy atom. The molecule has 0 spiro atoms. The van der Waals surface area contributed by atoms with E-state index in [1.54, 1.807) is 0 Å². The summed E-state index contributed by atoms with van der Waals surface area (Å²) in [5.74, 6) is 0. The number of benzene rings is 10. The zero-order valence-electron chi connectivity index (χ0n) is 31.0. The van der Waals surface area contributed by atoms with Gasteiger partial charge >= 0.3 is 0 Å². The summed E-state index contributed by atoms with van der Waals surface area (Å²) in [6.07, 6.45) is 4.02. The summed E-state index contributed by atoms with van der Waals surface area (Å²) < 4.78 is 0. The highest BCUT2D eigenvalue weighted by atomic mass is 14.2. The molecule has 10 aromatic carbocycles. The maximum atomic E-state index is 4.41. The van der Waals surface area contributed by atoms with E-state index in [-0.39, 0.29) is 0 Å². The fraction of sp³-hybridized carbons (Fsp3) is 0. The molecular weight excluding hydrogens is 673 g/mol. The summed E-state index contributed by atoms with van der Waals surface area (Å²) in [6.45, 7) is 8.81. The van der Waals surface area contributed by atoms with Crippen LogP contribution >= 0.6 is 0 Å². The van der Waals surface area contributed by atoms with Gasteiger partial charge in [-0.25, -0.2) is 0 Å². The van der Waals surface area contributed by atoms with E-state index in [1.807, 2.05) is 12.2 Å². The molecule has 0 nitrogen and oxygen atoms in total. The minimum atomic E-state index is 1.08. The van der Waals surface area contributed by atoms with Crippen LogP contribution in [0.4, 0.5) is 0 Å². The SMILES string of the molecule is C=Cc1c(C=C)c(-c2ccc(-c3ccc4ccccc4c3)cc2)c2cc(-c3cccc4ccccc34)ccc2c1-c1ccc(-c2ccc3ccccc3c2)cc1. The van der Waals surface area contributed by atoms with Crippen LogP contribution in [0.5, 0.6) is 0 Å². The van der Waals surface area contributed by atoms with E-state index in [9.17, 15) is 0 Å². The normalized spacial score (nSPS) is 11.4. The predicted octanol–water partition coefficient (Wildman–Crippen LogP) is 15.9. The lowest BCUT2D eigenvalue weighted by molar-refractivity contribution is 1.57. The Morgan fingerprint density at radius 2 is 0.696 bits per heavy atom. The average molecular weight is 711 g/mol. The quantitative estimate of drug-likeness (QED) is 0.154. The number of hydrogen-bond donors (Lipinski definition) is 0. The van der Waals surface area contributed by atoms with Gasteiger partial charge < -0.3 is 0 Å². The smallest absolute Gasteiger partial charge is 0.00264 e. The maximum absolute atomic E-state index is 4.41. The zero-order valence-corrected chi connectivity index (χ0v) is 31.0. The van der Waals surface area contributed by atoms with Crippen molar-refractivity contribution in [2.45, 2.75) is 0 Å². The van der Waals surface area contributed by atoms with E-state index >= 15 is 0 Å². The van der Waals surface area contributed by atoms with Gasteiger partial charge in [0, 0.05) is 0 Å². The van der Waals surface area contributed by atoms with Crippen molar-refractivity contribution in [1.29, 1.82) is 0 Å². The molecule has 0 amide bonds. The van der Waals surface area contributed by atoms with Crippen molar-refractivity contribution in [3.05, 3.63) is 218 Å². The molecule has 10 aromatic rings. The number of hydrogen-bond acceptors (Lipinski definition) is 0. The third-order valence-corrected chi connectivity index (χ3v) is 11.4. The molecule has 0 aliphatic heterocycles. The zero-order chi connectivity index (χ0) is 37.6. The van der Waals surface area contributed by atoms with Crippen LogP contribution in [0.3, 0.4) is 0 Å². The van der Waals surface area contributed by atoms with Gasteiger partial charge in [-0.2, -0.15) is 0 Å². The van der Waals surface area contributed by atoms with E-state index in [0.717, 1.165) is 33.4 Å². The molecule has 56 heavy (non-hydrogen) atoms. The first-order valence-electron chi connectivity index (χ1n) is 19.2. The topological polar surface area (TPSA) is 0 Å². The molecule has 0 saturated carbocycles. The standard InChI is InChI=1S/C56H38/c1-3-49-50(4-2)56(43-28-22-40(23-29-43)47-31-25-38-13-6-8-16-45(38)35-47)54-36-48(52-19-11-17-41-14-9-10-18-51(41)52)32-33-53(54)55(49)42-26-20-39(21-27-42)46-30-24-37-12-5-7-15-44(37)34-46/h3-36H,1-2H2. The van der Waals surface area contributed by atoms with Crippen LogP contribution in [0.25, 0.3) is 111 Å². The Balaban J connectivity index is 1.17. The van der Waals surface area contributed by atoms with Crippen molar-refractivity contribution in [3.8, 4) is 55.6 Å². The molecule has 0 unspecified atom stereocenters. The monoisotopic (exact) mass is 710 g/mol. The van der Waals surface area contributed by atoms with Gasteiger partial charge in [0.05, 0.1) is 0 Å². The second-order valence-corrected chi connectivity index (χ2v) is 14.6. The summed E-state index contributed by atoms with van der Waals surface area (Å²) in [7, 11) is 0. The first-order chi connectivity index (χ1) is 27.7. The third-order valence-electron chi connectivity index (χ3n) is 11.4. The first-order valence-corrected chi connectivity index (χ1v) is 19.2. The highest BCUT2D eigenvalue weighted by Gasteiger charge is 2.20. The molecule has 0 radical (unpaired) electrons. The molecule has 0 bridgehead atoms. The number of fused-ring (bicyclic) bond motifs is 4. The van der Waals surface area contributed by atoms with E-state index in [0.29, 0.717) is 0 Å². The van der Waals surface area contributed by atoms with Crippen molar-refractivity contribution < 1.29 is 0 Å². The van der Waals surface area contributed by atoms with Crippen molar-refractivity contribution in [3.63, 3.8) is 0 Å². The van der Waals surface area contributed by atoms with E-state index in [4.69, 9.17) is 0 Å². The van der Waals surface area contributed by atoms with Crippen LogP contribution in [-0.2, 0) is 0 Å². The molecule has 10 rings (SSSR count). The third kappa shape index (κ3) is 5.72. The molecule has 0 aromatic heterocycles. The molecule has 0 aliphatic rings. The van der Waals surface area contributed by atoms with Gasteiger partial charge in [-0.1, -0.05) is 201 Å². The molecule has 262 valence electrons. The lowest BCUT2D eigenvalue weighted by Gasteiger charge is -2.21. The second kappa shape index (κ2) is 13.9. The van der Waals surface area contributed by atoms with E-state index in [1.165, 1.54) is 76.5 Å². The fourth-order valence-corrected chi connectivity index (χ4v) is 8.62. The van der Waals surface area contributed by atoms with Crippen LogP contribution < -0.4 is 0 Å². The van der Waals surface area contributed by atoms with E-state index in [2.05, 4.69) is 207 Å². The molecule has 0 heteroatoms. The Morgan fingerprint density at radius 3 is 1.25 bits per heavy atom.